The molecule has 3 aromatic rings. The zero-order valence-corrected chi connectivity index (χ0v) is 12.8. The van der Waals surface area contributed by atoms with E-state index in [2.05, 4.69) is 9.88 Å². The summed E-state index contributed by atoms with van der Waals surface area (Å²) in [5.74, 6) is 0. The Balaban J connectivity index is 1.82. The van der Waals surface area contributed by atoms with E-state index in [9.17, 15) is 8.42 Å². The van der Waals surface area contributed by atoms with Crippen LogP contribution in [0.5, 0.6) is 0 Å². The summed E-state index contributed by atoms with van der Waals surface area (Å²) in [5.41, 5.74) is 2.18. The van der Waals surface area contributed by atoms with Gasteiger partial charge in [-0.1, -0.05) is 28.9 Å². The lowest BCUT2D eigenvalue weighted by Gasteiger charge is -2.08. The molecule has 0 aliphatic rings. The molecule has 1 aromatic heterocycles. The maximum atomic E-state index is 12.2. The highest BCUT2D eigenvalue weighted by molar-refractivity contribution is 7.92. The minimum atomic E-state index is -3.64. The van der Waals surface area contributed by atoms with Gasteiger partial charge in [0.1, 0.15) is 6.26 Å². The summed E-state index contributed by atoms with van der Waals surface area (Å²) in [5, 5.41) is 4.11. The number of aromatic nitrogens is 1. The highest BCUT2D eigenvalue weighted by atomic mass is 35.5. The summed E-state index contributed by atoms with van der Waals surface area (Å²) >= 11 is 5.76. The van der Waals surface area contributed by atoms with Gasteiger partial charge in [-0.25, -0.2) is 8.42 Å². The topological polar surface area (TPSA) is 72.2 Å². The summed E-state index contributed by atoms with van der Waals surface area (Å²) in [6, 6.07) is 12.9. The molecule has 0 saturated heterocycles. The Morgan fingerprint density at radius 1 is 0.955 bits per heavy atom. The molecule has 5 nitrogen and oxygen atoms in total. The van der Waals surface area contributed by atoms with Gasteiger partial charge in [0.05, 0.1) is 11.1 Å². The molecule has 0 unspecified atom stereocenters. The van der Waals surface area contributed by atoms with Crippen molar-refractivity contribution in [3.05, 3.63) is 66.0 Å². The molecule has 0 saturated carbocycles. The number of nitrogens with one attached hydrogen (secondary N) is 1. The first-order chi connectivity index (χ1) is 10.5. The summed E-state index contributed by atoms with van der Waals surface area (Å²) in [6.07, 6.45) is 3.11. The van der Waals surface area contributed by atoms with Gasteiger partial charge in [-0.05, 0) is 42.0 Å². The lowest BCUT2D eigenvalue weighted by molar-refractivity contribution is 0.420. The smallest absolute Gasteiger partial charge is 0.261 e. The van der Waals surface area contributed by atoms with Gasteiger partial charge in [-0.2, -0.15) is 0 Å². The van der Waals surface area contributed by atoms with E-state index in [1.54, 1.807) is 30.5 Å². The molecular formula is C15H11ClN2O3S. The average molecular weight is 335 g/mol. The van der Waals surface area contributed by atoms with E-state index in [-0.39, 0.29) is 4.90 Å². The zero-order valence-electron chi connectivity index (χ0n) is 11.2. The molecule has 7 heteroatoms. The fraction of sp³-hybridized carbons (Fsp3) is 0. The molecule has 0 radical (unpaired) electrons. The number of halogens is 1. The summed E-state index contributed by atoms with van der Waals surface area (Å²) in [6.45, 7) is 0. The van der Waals surface area contributed by atoms with E-state index < -0.39 is 10.0 Å². The van der Waals surface area contributed by atoms with Gasteiger partial charge in [0.2, 0.25) is 0 Å². The van der Waals surface area contributed by atoms with Crippen LogP contribution in [0.15, 0.2) is 70.4 Å². The normalized spacial score (nSPS) is 11.3. The molecule has 112 valence electrons. The van der Waals surface area contributed by atoms with Crippen molar-refractivity contribution in [2.24, 2.45) is 0 Å². The highest BCUT2D eigenvalue weighted by Crippen LogP contribution is 2.23. The predicted molar refractivity (Wildman–Crippen MR) is 84.2 cm³/mol. The standard InChI is InChI=1S/C15H11ClN2O3S/c16-13-3-7-15(8-4-13)22(19,20)18-14-5-1-11(2-6-14)12-9-17-21-10-12/h1-10,18H. The highest BCUT2D eigenvalue weighted by Gasteiger charge is 2.14. The first-order valence-electron chi connectivity index (χ1n) is 6.33. The number of benzene rings is 2. The van der Waals surface area contributed by atoms with E-state index in [1.165, 1.54) is 30.5 Å². The number of rotatable bonds is 4. The summed E-state index contributed by atoms with van der Waals surface area (Å²) < 4.78 is 31.8. The van der Waals surface area contributed by atoms with Gasteiger partial charge < -0.3 is 4.52 Å². The van der Waals surface area contributed by atoms with Crippen LogP contribution in [0.1, 0.15) is 0 Å². The third kappa shape index (κ3) is 3.13. The quantitative estimate of drug-likeness (QED) is 0.787. The first-order valence-corrected chi connectivity index (χ1v) is 8.19. The van der Waals surface area contributed by atoms with Crippen LogP contribution in [0.25, 0.3) is 11.1 Å². The van der Waals surface area contributed by atoms with E-state index in [0.29, 0.717) is 10.7 Å². The lowest BCUT2D eigenvalue weighted by atomic mass is 10.1. The molecule has 0 spiro atoms. The maximum Gasteiger partial charge on any atom is 0.261 e. The van der Waals surface area contributed by atoms with Crippen molar-refractivity contribution in [2.75, 3.05) is 4.72 Å². The molecule has 0 aliphatic heterocycles. The van der Waals surface area contributed by atoms with Crippen LogP contribution >= 0.6 is 11.6 Å². The largest absolute Gasteiger partial charge is 0.364 e. The molecule has 0 amide bonds. The van der Waals surface area contributed by atoms with E-state index in [1.807, 2.05) is 0 Å². The SMILES string of the molecule is O=S(=O)(Nc1ccc(-c2cnoc2)cc1)c1ccc(Cl)cc1. The molecule has 2 aromatic carbocycles. The van der Waals surface area contributed by atoms with Gasteiger partial charge in [0.25, 0.3) is 10.0 Å². The molecule has 0 aliphatic carbocycles. The van der Waals surface area contributed by atoms with Crippen molar-refractivity contribution in [3.8, 4) is 11.1 Å². The minimum Gasteiger partial charge on any atom is -0.364 e. The number of nitrogens with zero attached hydrogens (tertiary/aromatic N) is 1. The first kappa shape index (κ1) is 14.6. The molecule has 3 rings (SSSR count). The number of sulfonamides is 1. The van der Waals surface area contributed by atoms with Crippen LogP contribution in [0.3, 0.4) is 0 Å². The molecular weight excluding hydrogens is 324 g/mol. The second-order valence-electron chi connectivity index (χ2n) is 4.55. The third-order valence-electron chi connectivity index (χ3n) is 3.03. The van der Waals surface area contributed by atoms with E-state index in [0.717, 1.165) is 11.1 Å². The Hall–Kier alpha value is -2.31. The van der Waals surface area contributed by atoms with Crippen molar-refractivity contribution in [1.29, 1.82) is 0 Å². The van der Waals surface area contributed by atoms with Gasteiger partial charge in [-0.3, -0.25) is 4.72 Å². The second kappa shape index (κ2) is 5.82. The third-order valence-corrected chi connectivity index (χ3v) is 4.68. The minimum absolute atomic E-state index is 0.153. The fourth-order valence-corrected chi connectivity index (χ4v) is 3.09. The van der Waals surface area contributed by atoms with Crippen LogP contribution < -0.4 is 4.72 Å². The van der Waals surface area contributed by atoms with Crippen molar-refractivity contribution in [1.82, 2.24) is 5.16 Å². The Labute approximate surface area is 132 Å². The predicted octanol–water partition coefficient (Wildman–Crippen LogP) is 3.80. The van der Waals surface area contributed by atoms with Crippen molar-refractivity contribution in [3.63, 3.8) is 0 Å². The average Bonchev–Trinajstić information content (AvgIpc) is 3.02. The van der Waals surface area contributed by atoms with Crippen molar-refractivity contribution >= 4 is 27.3 Å². The van der Waals surface area contributed by atoms with Crippen LogP contribution in [0, 0.1) is 0 Å². The van der Waals surface area contributed by atoms with E-state index >= 15 is 0 Å². The van der Waals surface area contributed by atoms with Crippen molar-refractivity contribution in [2.45, 2.75) is 4.90 Å². The van der Waals surface area contributed by atoms with Crippen LogP contribution in [0.4, 0.5) is 5.69 Å². The zero-order chi connectivity index (χ0) is 15.6. The Morgan fingerprint density at radius 2 is 1.64 bits per heavy atom. The van der Waals surface area contributed by atoms with Crippen molar-refractivity contribution < 1.29 is 12.9 Å². The molecule has 22 heavy (non-hydrogen) atoms. The number of hydrogen-bond donors (Lipinski definition) is 1. The Bertz CT molecular complexity index is 858. The second-order valence-corrected chi connectivity index (χ2v) is 6.67. The van der Waals surface area contributed by atoms with Gasteiger partial charge in [-0.15, -0.1) is 0 Å². The summed E-state index contributed by atoms with van der Waals surface area (Å²) in [7, 11) is -3.64. The van der Waals surface area contributed by atoms with Crippen LogP contribution in [-0.4, -0.2) is 13.6 Å². The number of hydrogen-bond acceptors (Lipinski definition) is 4. The van der Waals surface area contributed by atoms with Gasteiger partial charge in [0, 0.05) is 16.3 Å². The molecule has 0 atom stereocenters. The Kier molecular flexibility index (Phi) is 3.87. The van der Waals surface area contributed by atoms with E-state index in [4.69, 9.17) is 16.1 Å². The fourth-order valence-electron chi connectivity index (χ4n) is 1.91. The molecule has 0 fully saturated rings. The van der Waals surface area contributed by atoms with Gasteiger partial charge in [0.15, 0.2) is 0 Å². The Morgan fingerprint density at radius 3 is 2.23 bits per heavy atom. The summed E-state index contributed by atoms with van der Waals surface area (Å²) in [4.78, 5) is 0.153. The van der Waals surface area contributed by atoms with Crippen LogP contribution in [0.2, 0.25) is 5.02 Å². The maximum absolute atomic E-state index is 12.2. The number of anilines is 1. The molecule has 1 heterocycles. The molecule has 0 bridgehead atoms. The monoisotopic (exact) mass is 334 g/mol. The lowest BCUT2D eigenvalue weighted by Crippen LogP contribution is -2.12. The van der Waals surface area contributed by atoms with Gasteiger partial charge >= 0.3 is 0 Å². The van der Waals surface area contributed by atoms with Crippen LogP contribution in [-0.2, 0) is 10.0 Å². The molecule has 1 N–H and O–H groups in total.